The molecule has 0 atom stereocenters. The summed E-state index contributed by atoms with van der Waals surface area (Å²) in [4.78, 5) is 25.8. The highest BCUT2D eigenvalue weighted by molar-refractivity contribution is 5.95. The minimum atomic E-state index is -0.837. The predicted molar refractivity (Wildman–Crippen MR) is 86.0 cm³/mol. The van der Waals surface area contributed by atoms with Crippen molar-refractivity contribution in [1.29, 1.82) is 0 Å². The van der Waals surface area contributed by atoms with Crippen LogP contribution in [0.15, 0.2) is 0 Å². The molecule has 0 aromatic carbocycles. The molecule has 120 valence electrons. The number of nitrogens with zero attached hydrogens (tertiary/aromatic N) is 1. The Morgan fingerprint density at radius 2 is 1.50 bits per heavy atom. The van der Waals surface area contributed by atoms with Gasteiger partial charge in [-0.25, -0.2) is 4.79 Å². The molecule has 0 fully saturated rings. The van der Waals surface area contributed by atoms with Gasteiger partial charge >= 0.3 is 6.03 Å². The van der Waals surface area contributed by atoms with E-state index in [2.05, 4.69) is 12.2 Å². The number of carbonyl (C=O) groups excluding carboxylic acids is 2. The van der Waals surface area contributed by atoms with E-state index in [9.17, 15) is 9.59 Å². The number of hydrogen-bond acceptors (Lipinski definition) is 2. The number of unbranched alkanes of at least 4 members (excludes halogenated alkanes) is 1. The first-order valence-corrected chi connectivity index (χ1v) is 7.60. The maximum atomic E-state index is 12.2. The van der Waals surface area contributed by atoms with Crippen molar-refractivity contribution in [1.82, 2.24) is 10.2 Å². The van der Waals surface area contributed by atoms with Gasteiger partial charge in [-0.15, -0.1) is 0 Å². The molecule has 20 heavy (non-hydrogen) atoms. The normalized spacial score (nSPS) is 11.2. The van der Waals surface area contributed by atoms with Gasteiger partial charge in [-0.05, 0) is 20.3 Å². The number of amides is 2. The number of hydrogen-bond donors (Lipinski definition) is 1. The van der Waals surface area contributed by atoms with E-state index in [4.69, 9.17) is 0 Å². The van der Waals surface area contributed by atoms with E-state index in [-0.39, 0.29) is 11.8 Å². The second kappa shape index (κ2) is 8.98. The van der Waals surface area contributed by atoms with Crippen LogP contribution >= 0.6 is 0 Å². The van der Waals surface area contributed by atoms with Gasteiger partial charge in [-0.2, -0.15) is 0 Å². The smallest absolute Gasteiger partial charge is 0.317 e. The topological polar surface area (TPSA) is 49.4 Å². The molecule has 4 heteroatoms. The van der Waals surface area contributed by atoms with Gasteiger partial charge in [0.15, 0.2) is 5.78 Å². The fourth-order valence-electron chi connectivity index (χ4n) is 1.85. The van der Waals surface area contributed by atoms with E-state index in [1.54, 1.807) is 25.8 Å². The van der Waals surface area contributed by atoms with Crippen molar-refractivity contribution in [2.45, 2.75) is 73.8 Å². The Morgan fingerprint density at radius 3 is 1.85 bits per heavy atom. The molecule has 0 aromatic heterocycles. The molecule has 0 saturated heterocycles. The molecule has 0 saturated carbocycles. The third kappa shape index (κ3) is 7.51. The summed E-state index contributed by atoms with van der Waals surface area (Å²) in [7, 11) is 1.75. The van der Waals surface area contributed by atoms with Crippen LogP contribution in [0.1, 0.15) is 68.2 Å². The summed E-state index contributed by atoms with van der Waals surface area (Å²) in [5.74, 6) is 0.0345. The molecule has 0 heterocycles. The standard InChI is InChI=1S/C14H28N2O2.C2H6/c1-8-9-10-16(7)12(18)15-14(5,6)11(17)13(2,3)4;1-2/h8-10H2,1-7H3,(H,15,18);1-2H3. The summed E-state index contributed by atoms with van der Waals surface area (Å²) in [6.07, 6.45) is 2.01. The fourth-order valence-corrected chi connectivity index (χ4v) is 1.85. The van der Waals surface area contributed by atoms with Crippen LogP contribution in [0.5, 0.6) is 0 Å². The molecule has 0 aliphatic carbocycles. The summed E-state index contributed by atoms with van der Waals surface area (Å²) in [5.41, 5.74) is -1.30. The number of nitrogens with one attached hydrogen (secondary N) is 1. The SMILES string of the molecule is CC.CCCCN(C)C(=O)NC(C)(C)C(=O)C(C)(C)C. The molecule has 0 aliphatic rings. The van der Waals surface area contributed by atoms with Gasteiger partial charge in [0, 0.05) is 19.0 Å². The average Bonchev–Trinajstić information content (AvgIpc) is 2.35. The molecule has 0 aromatic rings. The Hall–Kier alpha value is -1.06. The highest BCUT2D eigenvalue weighted by Crippen LogP contribution is 2.22. The molecular formula is C16H34N2O2. The highest BCUT2D eigenvalue weighted by Gasteiger charge is 2.37. The van der Waals surface area contributed by atoms with Crippen molar-refractivity contribution in [2.75, 3.05) is 13.6 Å². The maximum Gasteiger partial charge on any atom is 0.317 e. The zero-order valence-corrected chi connectivity index (χ0v) is 14.9. The van der Waals surface area contributed by atoms with Crippen LogP contribution in [-0.2, 0) is 4.79 Å². The summed E-state index contributed by atoms with van der Waals surface area (Å²) in [6, 6.07) is -0.189. The lowest BCUT2D eigenvalue weighted by Crippen LogP contribution is -2.56. The minimum Gasteiger partial charge on any atom is -0.328 e. The number of ketones is 1. The van der Waals surface area contributed by atoms with Crippen molar-refractivity contribution in [3.05, 3.63) is 0 Å². The van der Waals surface area contributed by atoms with Crippen molar-refractivity contribution < 1.29 is 9.59 Å². The van der Waals surface area contributed by atoms with Gasteiger partial charge in [-0.3, -0.25) is 4.79 Å². The van der Waals surface area contributed by atoms with Crippen LogP contribution in [0.25, 0.3) is 0 Å². The molecular weight excluding hydrogens is 252 g/mol. The van der Waals surface area contributed by atoms with Crippen LogP contribution in [0, 0.1) is 5.41 Å². The lowest BCUT2D eigenvalue weighted by atomic mass is 9.80. The number of carbonyl (C=O) groups is 2. The van der Waals surface area contributed by atoms with Gasteiger partial charge in [0.2, 0.25) is 0 Å². The first-order chi connectivity index (χ1) is 9.02. The van der Waals surface area contributed by atoms with Crippen LogP contribution in [-0.4, -0.2) is 35.8 Å². The molecule has 0 rings (SSSR count). The van der Waals surface area contributed by atoms with Gasteiger partial charge < -0.3 is 10.2 Å². The van der Waals surface area contributed by atoms with Crippen molar-refractivity contribution in [3.63, 3.8) is 0 Å². The fraction of sp³-hybridized carbons (Fsp3) is 0.875. The predicted octanol–water partition coefficient (Wildman–Crippen LogP) is 3.85. The molecule has 0 radical (unpaired) electrons. The van der Waals surface area contributed by atoms with E-state index in [0.29, 0.717) is 6.54 Å². The first kappa shape index (κ1) is 21.2. The van der Waals surface area contributed by atoms with Gasteiger partial charge in [-0.1, -0.05) is 48.0 Å². The Kier molecular flexibility index (Phi) is 9.54. The monoisotopic (exact) mass is 286 g/mol. The van der Waals surface area contributed by atoms with Crippen LogP contribution < -0.4 is 5.32 Å². The van der Waals surface area contributed by atoms with E-state index < -0.39 is 11.0 Å². The summed E-state index contributed by atoms with van der Waals surface area (Å²) in [5, 5.41) is 2.81. The quantitative estimate of drug-likeness (QED) is 0.834. The lowest BCUT2D eigenvalue weighted by molar-refractivity contribution is -0.131. The van der Waals surface area contributed by atoms with E-state index in [1.165, 1.54) is 0 Å². The molecule has 0 spiro atoms. The summed E-state index contributed by atoms with van der Waals surface area (Å²) in [6.45, 7) is 15.9. The zero-order valence-electron chi connectivity index (χ0n) is 14.9. The van der Waals surface area contributed by atoms with E-state index in [0.717, 1.165) is 12.8 Å². The van der Waals surface area contributed by atoms with Crippen molar-refractivity contribution >= 4 is 11.8 Å². The number of Topliss-reactive ketones (excluding diaryl/α,β-unsaturated/α-hetero) is 1. The van der Waals surface area contributed by atoms with Gasteiger partial charge in [0.25, 0.3) is 0 Å². The second-order valence-corrected chi connectivity index (χ2v) is 6.41. The average molecular weight is 286 g/mol. The van der Waals surface area contributed by atoms with Crippen molar-refractivity contribution in [2.24, 2.45) is 5.41 Å². The Labute approximate surface area is 125 Å². The third-order valence-electron chi connectivity index (χ3n) is 2.86. The zero-order chi connectivity index (χ0) is 16.6. The third-order valence-corrected chi connectivity index (χ3v) is 2.86. The molecule has 4 nitrogen and oxygen atoms in total. The van der Waals surface area contributed by atoms with Gasteiger partial charge in [0.1, 0.15) is 0 Å². The largest absolute Gasteiger partial charge is 0.328 e. The number of rotatable bonds is 5. The molecule has 0 unspecified atom stereocenters. The molecule has 1 N–H and O–H groups in total. The first-order valence-electron chi connectivity index (χ1n) is 7.60. The molecule has 0 bridgehead atoms. The van der Waals surface area contributed by atoms with E-state index in [1.807, 2.05) is 34.6 Å². The summed E-state index contributed by atoms with van der Waals surface area (Å²) < 4.78 is 0. The lowest BCUT2D eigenvalue weighted by Gasteiger charge is -2.33. The minimum absolute atomic E-state index is 0.0345. The number of urea groups is 1. The Balaban J connectivity index is 0. The van der Waals surface area contributed by atoms with Crippen LogP contribution in [0.3, 0.4) is 0 Å². The summed E-state index contributed by atoms with van der Waals surface area (Å²) >= 11 is 0. The van der Waals surface area contributed by atoms with E-state index >= 15 is 0 Å². The second-order valence-electron chi connectivity index (χ2n) is 6.41. The molecule has 2 amide bonds. The molecule has 0 aliphatic heterocycles. The highest BCUT2D eigenvalue weighted by atomic mass is 16.2. The Morgan fingerprint density at radius 1 is 1.05 bits per heavy atom. The van der Waals surface area contributed by atoms with Gasteiger partial charge in [0.05, 0.1) is 5.54 Å². The maximum absolute atomic E-state index is 12.2. The van der Waals surface area contributed by atoms with Crippen LogP contribution in [0.2, 0.25) is 0 Å². The van der Waals surface area contributed by atoms with Crippen LogP contribution in [0.4, 0.5) is 4.79 Å². The Bertz CT molecular complexity index is 304. The van der Waals surface area contributed by atoms with Crippen molar-refractivity contribution in [3.8, 4) is 0 Å².